The molecule has 10 heavy (non-hydrogen) atoms. The normalized spacial score (nSPS) is 25.8. The third-order valence-electron chi connectivity index (χ3n) is 1.52. The Labute approximate surface area is 59.2 Å². The van der Waals surface area contributed by atoms with Crippen molar-refractivity contribution in [1.82, 2.24) is 5.32 Å². The van der Waals surface area contributed by atoms with E-state index in [0.29, 0.717) is 6.54 Å². The Morgan fingerprint density at radius 1 is 1.70 bits per heavy atom. The number of ether oxygens (including phenoxy) is 1. The molecule has 1 aliphatic rings. The van der Waals surface area contributed by atoms with Crippen LogP contribution in [0.3, 0.4) is 0 Å². The predicted octanol–water partition coefficient (Wildman–Crippen LogP) is 0.433. The molecule has 0 bridgehead atoms. The molecule has 0 aromatic rings. The van der Waals surface area contributed by atoms with Crippen LogP contribution in [0.4, 0.5) is 4.79 Å². The fourth-order valence-electron chi connectivity index (χ4n) is 1.06. The highest BCUT2D eigenvalue weighted by molar-refractivity contribution is 5.57. The van der Waals surface area contributed by atoms with Crippen molar-refractivity contribution in [3.63, 3.8) is 0 Å². The molecule has 4 heteroatoms. The average molecular weight is 145 g/mol. The Kier molecular flexibility index (Phi) is 2.50. The lowest BCUT2D eigenvalue weighted by Crippen LogP contribution is -2.36. The van der Waals surface area contributed by atoms with Gasteiger partial charge >= 0.3 is 6.16 Å². The van der Waals surface area contributed by atoms with E-state index >= 15 is 0 Å². The summed E-state index contributed by atoms with van der Waals surface area (Å²) in [6, 6.07) is 0. The zero-order valence-corrected chi connectivity index (χ0v) is 5.67. The van der Waals surface area contributed by atoms with E-state index in [9.17, 15) is 4.79 Å². The summed E-state index contributed by atoms with van der Waals surface area (Å²) in [7, 11) is 0. The molecular weight excluding hydrogens is 134 g/mol. The van der Waals surface area contributed by atoms with Gasteiger partial charge in [0, 0.05) is 6.54 Å². The molecule has 1 saturated heterocycles. The van der Waals surface area contributed by atoms with Crippen LogP contribution in [-0.2, 0) is 4.74 Å². The minimum absolute atomic E-state index is 0.133. The number of carboxylic acid groups (broad SMARTS) is 1. The Hall–Kier alpha value is -0.770. The van der Waals surface area contributed by atoms with Gasteiger partial charge in [0.2, 0.25) is 0 Å². The Bertz CT molecular complexity index is 120. The maximum Gasteiger partial charge on any atom is 0.506 e. The summed E-state index contributed by atoms with van der Waals surface area (Å²) in [6.45, 7) is 1.63. The zero-order chi connectivity index (χ0) is 7.40. The van der Waals surface area contributed by atoms with Gasteiger partial charge in [-0.2, -0.15) is 0 Å². The highest BCUT2D eigenvalue weighted by atomic mass is 16.7. The summed E-state index contributed by atoms with van der Waals surface area (Å²) in [5.41, 5.74) is 0. The molecule has 0 saturated carbocycles. The third-order valence-corrected chi connectivity index (χ3v) is 1.52. The van der Waals surface area contributed by atoms with Crippen LogP contribution in [0.15, 0.2) is 0 Å². The van der Waals surface area contributed by atoms with Crippen molar-refractivity contribution in [1.29, 1.82) is 0 Å². The summed E-state index contributed by atoms with van der Waals surface area (Å²) in [5, 5.41) is 11.3. The third kappa shape index (κ3) is 2.23. The van der Waals surface area contributed by atoms with E-state index in [0.717, 1.165) is 19.4 Å². The molecule has 58 valence electrons. The molecule has 2 N–H and O–H groups in total. The van der Waals surface area contributed by atoms with Gasteiger partial charge in [-0.15, -0.1) is 0 Å². The standard InChI is InChI=1S/C6H11NO3/c8-6(9)10-5-2-1-3-7-4-5/h5,7H,1-4H2,(H,8,9). The highest BCUT2D eigenvalue weighted by Gasteiger charge is 2.15. The first-order valence-electron chi connectivity index (χ1n) is 3.39. The van der Waals surface area contributed by atoms with E-state index in [-0.39, 0.29) is 6.10 Å². The number of nitrogens with one attached hydrogen (secondary N) is 1. The number of piperidine rings is 1. The zero-order valence-electron chi connectivity index (χ0n) is 5.67. The minimum atomic E-state index is -1.17. The maximum absolute atomic E-state index is 10.0. The van der Waals surface area contributed by atoms with Crippen LogP contribution in [-0.4, -0.2) is 30.5 Å². The van der Waals surface area contributed by atoms with Crippen LogP contribution in [0.2, 0.25) is 0 Å². The summed E-state index contributed by atoms with van der Waals surface area (Å²) in [4.78, 5) is 10.0. The van der Waals surface area contributed by atoms with Crippen molar-refractivity contribution in [2.75, 3.05) is 13.1 Å². The van der Waals surface area contributed by atoms with E-state index in [2.05, 4.69) is 10.1 Å². The molecule has 1 fully saturated rings. The van der Waals surface area contributed by atoms with Gasteiger partial charge in [0.05, 0.1) is 0 Å². The van der Waals surface area contributed by atoms with Gasteiger partial charge in [-0.3, -0.25) is 0 Å². The maximum atomic E-state index is 10.0. The van der Waals surface area contributed by atoms with E-state index in [1.165, 1.54) is 0 Å². The molecule has 0 radical (unpaired) electrons. The van der Waals surface area contributed by atoms with Crippen molar-refractivity contribution in [3.8, 4) is 0 Å². The SMILES string of the molecule is O=C(O)OC1CCCNC1. The van der Waals surface area contributed by atoms with Crippen LogP contribution in [0, 0.1) is 0 Å². The summed E-state index contributed by atoms with van der Waals surface area (Å²) in [5.74, 6) is 0. The Morgan fingerprint density at radius 3 is 3.00 bits per heavy atom. The lowest BCUT2D eigenvalue weighted by Gasteiger charge is -2.20. The molecular formula is C6H11NO3. The van der Waals surface area contributed by atoms with Crippen LogP contribution in [0.25, 0.3) is 0 Å². The highest BCUT2D eigenvalue weighted by Crippen LogP contribution is 2.05. The molecule has 1 heterocycles. The molecule has 1 aliphatic heterocycles. The number of hydrogen-bond acceptors (Lipinski definition) is 3. The number of carbonyl (C=O) groups is 1. The van der Waals surface area contributed by atoms with Gasteiger partial charge in [-0.1, -0.05) is 0 Å². The Balaban J connectivity index is 2.19. The fourth-order valence-corrected chi connectivity index (χ4v) is 1.06. The molecule has 0 amide bonds. The molecule has 0 aromatic carbocycles. The largest absolute Gasteiger partial charge is 0.506 e. The van der Waals surface area contributed by atoms with Crippen LogP contribution in [0.1, 0.15) is 12.8 Å². The Morgan fingerprint density at radius 2 is 2.50 bits per heavy atom. The van der Waals surface area contributed by atoms with Crippen LogP contribution in [0.5, 0.6) is 0 Å². The number of rotatable bonds is 1. The lowest BCUT2D eigenvalue weighted by molar-refractivity contribution is 0.0415. The smallest absolute Gasteiger partial charge is 0.450 e. The van der Waals surface area contributed by atoms with Crippen molar-refractivity contribution in [3.05, 3.63) is 0 Å². The van der Waals surface area contributed by atoms with Gasteiger partial charge in [0.1, 0.15) is 6.10 Å². The van der Waals surface area contributed by atoms with E-state index in [4.69, 9.17) is 5.11 Å². The lowest BCUT2D eigenvalue weighted by atomic mass is 10.1. The monoisotopic (exact) mass is 145 g/mol. The van der Waals surface area contributed by atoms with Crippen molar-refractivity contribution in [2.45, 2.75) is 18.9 Å². The second-order valence-corrected chi connectivity index (χ2v) is 2.35. The van der Waals surface area contributed by atoms with Crippen molar-refractivity contribution < 1.29 is 14.6 Å². The van der Waals surface area contributed by atoms with Crippen LogP contribution < -0.4 is 5.32 Å². The number of hydrogen-bond donors (Lipinski definition) is 2. The summed E-state index contributed by atoms with van der Waals surface area (Å²) < 4.78 is 4.55. The van der Waals surface area contributed by atoms with Gasteiger partial charge in [0.25, 0.3) is 0 Å². The molecule has 4 nitrogen and oxygen atoms in total. The van der Waals surface area contributed by atoms with E-state index in [1.807, 2.05) is 0 Å². The topological polar surface area (TPSA) is 58.6 Å². The quantitative estimate of drug-likeness (QED) is 0.525. The fraction of sp³-hybridized carbons (Fsp3) is 0.833. The molecule has 1 atom stereocenters. The molecule has 0 aliphatic carbocycles. The first kappa shape index (κ1) is 7.34. The van der Waals surface area contributed by atoms with Gasteiger partial charge < -0.3 is 15.2 Å². The van der Waals surface area contributed by atoms with Gasteiger partial charge in [0.15, 0.2) is 0 Å². The van der Waals surface area contributed by atoms with E-state index in [1.54, 1.807) is 0 Å². The van der Waals surface area contributed by atoms with E-state index < -0.39 is 6.16 Å². The van der Waals surface area contributed by atoms with Gasteiger partial charge in [-0.25, -0.2) is 4.79 Å². The summed E-state index contributed by atoms with van der Waals surface area (Å²) in [6.07, 6.45) is 0.539. The molecule has 1 rings (SSSR count). The molecule has 0 spiro atoms. The van der Waals surface area contributed by atoms with Gasteiger partial charge in [-0.05, 0) is 19.4 Å². The predicted molar refractivity (Wildman–Crippen MR) is 35.0 cm³/mol. The van der Waals surface area contributed by atoms with Crippen LogP contribution >= 0.6 is 0 Å². The van der Waals surface area contributed by atoms with Crippen molar-refractivity contribution in [2.24, 2.45) is 0 Å². The van der Waals surface area contributed by atoms with Crippen molar-refractivity contribution >= 4 is 6.16 Å². The molecule has 0 aromatic heterocycles. The minimum Gasteiger partial charge on any atom is -0.450 e. The first-order valence-corrected chi connectivity index (χ1v) is 3.39. The average Bonchev–Trinajstić information content (AvgIpc) is 1.88. The first-order chi connectivity index (χ1) is 4.79. The second kappa shape index (κ2) is 3.41. The second-order valence-electron chi connectivity index (χ2n) is 2.35. The molecule has 1 unspecified atom stereocenters. The summed E-state index contributed by atoms with van der Waals surface area (Å²) >= 11 is 0.